The monoisotopic (exact) mass is 263 g/mol. The van der Waals surface area contributed by atoms with Gasteiger partial charge in [-0.05, 0) is 51.4 Å². The predicted molar refractivity (Wildman–Crippen MR) is 75.0 cm³/mol. The molecule has 0 radical (unpaired) electrons. The minimum atomic E-state index is 0.00149. The molecule has 96 valence electrons. The normalized spacial score (nSPS) is 23.9. The summed E-state index contributed by atoms with van der Waals surface area (Å²) in [5, 5.41) is 4.35. The van der Waals surface area contributed by atoms with E-state index in [1.54, 1.807) is 0 Å². The number of nitrogens with one attached hydrogen (secondary N) is 1. The first-order valence-corrected chi connectivity index (χ1v) is 6.93. The van der Waals surface area contributed by atoms with E-state index in [4.69, 9.17) is 16.6 Å². The minimum Gasteiger partial charge on any atom is -0.327 e. The number of aryl methyl sites for hydroxylation is 1. The zero-order chi connectivity index (χ0) is 12.8. The molecule has 4 heteroatoms. The highest BCUT2D eigenvalue weighted by Crippen LogP contribution is 2.32. The van der Waals surface area contributed by atoms with Crippen LogP contribution in [0.15, 0.2) is 18.2 Å². The summed E-state index contributed by atoms with van der Waals surface area (Å²) in [5.74, 6) is 1.14. The van der Waals surface area contributed by atoms with Crippen molar-refractivity contribution >= 4 is 22.6 Å². The average Bonchev–Trinajstić information content (AvgIpc) is 2.93. The topological polar surface area (TPSA) is 29.9 Å². The Morgan fingerprint density at radius 3 is 3.00 bits per heavy atom. The molecular weight excluding hydrogens is 246 g/mol. The summed E-state index contributed by atoms with van der Waals surface area (Å²) in [6.45, 7) is 6.40. The summed E-state index contributed by atoms with van der Waals surface area (Å²) >= 11 is 6.09. The Bertz CT molecular complexity index is 582. The van der Waals surface area contributed by atoms with Gasteiger partial charge in [-0.15, -0.1) is 0 Å². The first-order valence-electron chi connectivity index (χ1n) is 6.55. The van der Waals surface area contributed by atoms with E-state index in [0.29, 0.717) is 0 Å². The molecule has 3 nitrogen and oxygen atoms in total. The largest absolute Gasteiger partial charge is 0.327 e. The quantitative estimate of drug-likeness (QED) is 0.901. The number of halogens is 1. The van der Waals surface area contributed by atoms with Crippen molar-refractivity contribution in [3.8, 4) is 0 Å². The molecule has 1 aliphatic rings. The summed E-state index contributed by atoms with van der Waals surface area (Å²) in [6, 6.07) is 5.92. The predicted octanol–water partition coefficient (Wildman–Crippen LogP) is 3.31. The molecule has 0 spiro atoms. The second kappa shape index (κ2) is 4.25. The van der Waals surface area contributed by atoms with Gasteiger partial charge < -0.3 is 9.88 Å². The van der Waals surface area contributed by atoms with Crippen molar-refractivity contribution in [3.05, 3.63) is 29.0 Å². The third-order valence-electron chi connectivity index (χ3n) is 3.89. The van der Waals surface area contributed by atoms with Crippen LogP contribution < -0.4 is 5.32 Å². The molecule has 2 aromatic rings. The highest BCUT2D eigenvalue weighted by molar-refractivity contribution is 6.31. The number of nitrogens with zero attached hydrogens (tertiary/aromatic N) is 2. The Hall–Kier alpha value is -1.06. The number of hydrogen-bond acceptors (Lipinski definition) is 2. The molecule has 3 rings (SSSR count). The Morgan fingerprint density at radius 2 is 2.33 bits per heavy atom. The Balaban J connectivity index is 2.23. The number of aromatic nitrogens is 2. The molecule has 2 heterocycles. The molecule has 1 unspecified atom stereocenters. The van der Waals surface area contributed by atoms with E-state index < -0.39 is 0 Å². The van der Waals surface area contributed by atoms with Crippen LogP contribution in [0.3, 0.4) is 0 Å². The van der Waals surface area contributed by atoms with E-state index >= 15 is 0 Å². The number of benzene rings is 1. The smallest absolute Gasteiger partial charge is 0.129 e. The summed E-state index contributed by atoms with van der Waals surface area (Å²) in [6.07, 6.45) is 2.36. The van der Waals surface area contributed by atoms with Gasteiger partial charge in [0.1, 0.15) is 5.82 Å². The lowest BCUT2D eigenvalue weighted by Gasteiger charge is -2.24. The van der Waals surface area contributed by atoms with Crippen LogP contribution in [0.4, 0.5) is 0 Å². The molecule has 1 fully saturated rings. The van der Waals surface area contributed by atoms with Crippen LogP contribution >= 0.6 is 11.6 Å². The first-order chi connectivity index (χ1) is 8.64. The van der Waals surface area contributed by atoms with Gasteiger partial charge in [0, 0.05) is 11.6 Å². The van der Waals surface area contributed by atoms with Crippen molar-refractivity contribution < 1.29 is 0 Å². The van der Waals surface area contributed by atoms with E-state index in [0.717, 1.165) is 41.4 Å². The Labute approximate surface area is 112 Å². The maximum atomic E-state index is 6.09. The zero-order valence-electron chi connectivity index (χ0n) is 10.8. The molecular formula is C14H18ClN3. The second-order valence-electron chi connectivity index (χ2n) is 5.18. The number of fused-ring (bicyclic) bond motifs is 1. The summed E-state index contributed by atoms with van der Waals surface area (Å²) in [4.78, 5) is 4.82. The fourth-order valence-corrected chi connectivity index (χ4v) is 3.09. The zero-order valence-corrected chi connectivity index (χ0v) is 11.6. The number of rotatable bonds is 2. The Kier molecular flexibility index (Phi) is 2.83. The summed E-state index contributed by atoms with van der Waals surface area (Å²) in [7, 11) is 0. The molecule has 0 amide bonds. The summed E-state index contributed by atoms with van der Waals surface area (Å²) < 4.78 is 2.28. The van der Waals surface area contributed by atoms with Gasteiger partial charge in [0.15, 0.2) is 0 Å². The van der Waals surface area contributed by atoms with Gasteiger partial charge in [0.2, 0.25) is 0 Å². The van der Waals surface area contributed by atoms with Crippen molar-refractivity contribution in [3.63, 3.8) is 0 Å². The standard InChI is InChI=1S/C14H18ClN3/c1-3-18-12-9-10(15)5-6-11(12)17-13(18)14(2)7-4-8-16-14/h5-6,9,16H,3-4,7-8H2,1-2H3. The van der Waals surface area contributed by atoms with Crippen LogP contribution in [-0.2, 0) is 12.1 Å². The molecule has 1 N–H and O–H groups in total. The third-order valence-corrected chi connectivity index (χ3v) is 4.12. The van der Waals surface area contributed by atoms with E-state index in [9.17, 15) is 0 Å². The lowest BCUT2D eigenvalue weighted by Crippen LogP contribution is -2.36. The van der Waals surface area contributed by atoms with Gasteiger partial charge >= 0.3 is 0 Å². The van der Waals surface area contributed by atoms with Gasteiger partial charge in [-0.2, -0.15) is 0 Å². The molecule has 0 bridgehead atoms. The lowest BCUT2D eigenvalue weighted by molar-refractivity contribution is 0.391. The fraction of sp³-hybridized carbons (Fsp3) is 0.500. The highest BCUT2D eigenvalue weighted by atomic mass is 35.5. The molecule has 1 aromatic heterocycles. The number of imidazole rings is 1. The average molecular weight is 264 g/mol. The summed E-state index contributed by atoms with van der Waals surface area (Å²) in [5.41, 5.74) is 2.17. The molecule has 0 aliphatic carbocycles. The minimum absolute atomic E-state index is 0.00149. The maximum Gasteiger partial charge on any atom is 0.129 e. The SMILES string of the molecule is CCn1c(C2(C)CCCN2)nc2ccc(Cl)cc21. The van der Waals surface area contributed by atoms with Crippen molar-refractivity contribution in [2.24, 2.45) is 0 Å². The van der Waals surface area contributed by atoms with Crippen LogP contribution in [-0.4, -0.2) is 16.1 Å². The van der Waals surface area contributed by atoms with Crippen LogP contribution in [0.1, 0.15) is 32.5 Å². The highest BCUT2D eigenvalue weighted by Gasteiger charge is 2.34. The van der Waals surface area contributed by atoms with Crippen LogP contribution in [0.5, 0.6) is 0 Å². The molecule has 0 saturated carbocycles. The van der Waals surface area contributed by atoms with Gasteiger partial charge in [-0.25, -0.2) is 4.98 Å². The maximum absolute atomic E-state index is 6.09. The van der Waals surface area contributed by atoms with Crippen LogP contribution in [0.2, 0.25) is 5.02 Å². The van der Waals surface area contributed by atoms with E-state index in [-0.39, 0.29) is 5.54 Å². The molecule has 18 heavy (non-hydrogen) atoms. The molecule has 1 aliphatic heterocycles. The first kappa shape index (κ1) is 12.0. The third kappa shape index (κ3) is 1.73. The molecule has 1 saturated heterocycles. The van der Waals surface area contributed by atoms with E-state index in [2.05, 4.69) is 23.7 Å². The van der Waals surface area contributed by atoms with Gasteiger partial charge in [-0.3, -0.25) is 0 Å². The molecule has 1 aromatic carbocycles. The van der Waals surface area contributed by atoms with Gasteiger partial charge in [-0.1, -0.05) is 11.6 Å². The van der Waals surface area contributed by atoms with Crippen molar-refractivity contribution in [1.29, 1.82) is 0 Å². The Morgan fingerprint density at radius 1 is 1.50 bits per heavy atom. The second-order valence-corrected chi connectivity index (χ2v) is 5.61. The number of hydrogen-bond donors (Lipinski definition) is 1. The van der Waals surface area contributed by atoms with Crippen LogP contribution in [0, 0.1) is 0 Å². The van der Waals surface area contributed by atoms with Crippen molar-refractivity contribution in [2.45, 2.75) is 38.8 Å². The van der Waals surface area contributed by atoms with Crippen molar-refractivity contribution in [2.75, 3.05) is 6.54 Å². The van der Waals surface area contributed by atoms with Crippen molar-refractivity contribution in [1.82, 2.24) is 14.9 Å². The van der Waals surface area contributed by atoms with Gasteiger partial charge in [0.05, 0.1) is 16.6 Å². The molecule has 1 atom stereocenters. The lowest BCUT2D eigenvalue weighted by atomic mass is 9.99. The van der Waals surface area contributed by atoms with Crippen LogP contribution in [0.25, 0.3) is 11.0 Å². The fourth-order valence-electron chi connectivity index (χ4n) is 2.92. The van der Waals surface area contributed by atoms with Gasteiger partial charge in [0.25, 0.3) is 0 Å². The van der Waals surface area contributed by atoms with E-state index in [1.165, 1.54) is 6.42 Å². The van der Waals surface area contributed by atoms with E-state index in [1.807, 2.05) is 18.2 Å².